The normalized spacial score (nSPS) is 17.0. The lowest BCUT2D eigenvalue weighted by Gasteiger charge is -2.26. The molecule has 1 atom stereocenters. The molecule has 0 fully saturated rings. The van der Waals surface area contributed by atoms with Crippen molar-refractivity contribution in [1.82, 2.24) is 4.90 Å². The Hall–Kier alpha value is -2.19. The molecule has 0 unspecified atom stereocenters. The molecule has 0 saturated heterocycles. The fourth-order valence-electron chi connectivity index (χ4n) is 2.98. The second-order valence-electron chi connectivity index (χ2n) is 5.86. The molecule has 1 amide bonds. The number of hydrogen-bond donors (Lipinski definition) is 2. The number of ketones is 1. The molecule has 0 spiro atoms. The van der Waals surface area contributed by atoms with E-state index in [0.29, 0.717) is 15.5 Å². The molecule has 2 heterocycles. The predicted octanol–water partition coefficient (Wildman–Crippen LogP) is 2.99. The van der Waals surface area contributed by atoms with Gasteiger partial charge in [0.05, 0.1) is 36.3 Å². The third-order valence-electron chi connectivity index (χ3n) is 4.19. The van der Waals surface area contributed by atoms with Crippen molar-refractivity contribution < 1.29 is 24.5 Å². The van der Waals surface area contributed by atoms with Crippen molar-refractivity contribution in [1.29, 1.82) is 0 Å². The van der Waals surface area contributed by atoms with Gasteiger partial charge in [-0.2, -0.15) is 0 Å². The quantitative estimate of drug-likeness (QED) is 0.519. The van der Waals surface area contributed by atoms with Crippen LogP contribution in [0, 0.1) is 0 Å². The maximum atomic E-state index is 13.0. The molecule has 1 aliphatic heterocycles. The summed E-state index contributed by atoms with van der Waals surface area (Å²) in [5, 5.41) is 21.6. The first-order valence-corrected chi connectivity index (χ1v) is 9.56. The summed E-state index contributed by atoms with van der Waals surface area (Å²) in [5.74, 6) is -1.55. The summed E-state index contributed by atoms with van der Waals surface area (Å²) in [7, 11) is 0. The molecule has 0 bridgehead atoms. The Morgan fingerprint density at radius 2 is 1.96 bits per heavy atom. The van der Waals surface area contributed by atoms with Gasteiger partial charge in [0.1, 0.15) is 0 Å². The van der Waals surface area contributed by atoms with Gasteiger partial charge in [0.25, 0.3) is 5.91 Å². The lowest BCUT2D eigenvalue weighted by atomic mass is 9.95. The molecule has 142 valence electrons. The summed E-state index contributed by atoms with van der Waals surface area (Å²) in [6.45, 7) is 0.357. The molecule has 0 radical (unpaired) electrons. The molecular formula is C19H18ClNO5S. The van der Waals surface area contributed by atoms with Crippen molar-refractivity contribution >= 4 is 34.6 Å². The van der Waals surface area contributed by atoms with Crippen LogP contribution >= 0.6 is 22.9 Å². The average molecular weight is 408 g/mol. The van der Waals surface area contributed by atoms with Gasteiger partial charge in [-0.05, 0) is 29.1 Å². The number of aliphatic hydroxyl groups is 2. The van der Waals surface area contributed by atoms with Crippen molar-refractivity contribution in [3.63, 3.8) is 0 Å². The van der Waals surface area contributed by atoms with Gasteiger partial charge in [-0.1, -0.05) is 29.8 Å². The van der Waals surface area contributed by atoms with Gasteiger partial charge in [0, 0.05) is 11.6 Å². The third kappa shape index (κ3) is 4.06. The molecule has 1 aliphatic rings. The van der Waals surface area contributed by atoms with E-state index in [4.69, 9.17) is 21.4 Å². The van der Waals surface area contributed by atoms with E-state index in [-0.39, 0.29) is 37.7 Å². The number of ether oxygens (including phenoxy) is 1. The van der Waals surface area contributed by atoms with E-state index in [0.717, 1.165) is 0 Å². The first-order chi connectivity index (χ1) is 13.0. The predicted molar refractivity (Wildman–Crippen MR) is 102 cm³/mol. The summed E-state index contributed by atoms with van der Waals surface area (Å²) in [6, 6.07) is 9.45. The van der Waals surface area contributed by atoms with E-state index in [1.165, 1.54) is 16.2 Å². The van der Waals surface area contributed by atoms with Gasteiger partial charge in [-0.15, -0.1) is 11.3 Å². The molecule has 2 aromatic rings. The Kier molecular flexibility index (Phi) is 6.28. The Balaban J connectivity index is 1.96. The topological polar surface area (TPSA) is 87.1 Å². The molecule has 0 aliphatic carbocycles. The minimum atomic E-state index is -0.734. The molecule has 1 aromatic heterocycles. The highest BCUT2D eigenvalue weighted by Crippen LogP contribution is 2.39. The number of thiophene rings is 1. The van der Waals surface area contributed by atoms with Crippen LogP contribution in [0.15, 0.2) is 53.1 Å². The van der Waals surface area contributed by atoms with Crippen LogP contribution in [0.5, 0.6) is 0 Å². The third-order valence-corrected chi connectivity index (χ3v) is 5.31. The van der Waals surface area contributed by atoms with Crippen LogP contribution in [0.25, 0.3) is 0 Å². The van der Waals surface area contributed by atoms with Crippen LogP contribution in [0.2, 0.25) is 5.02 Å². The smallest absolute Gasteiger partial charge is 0.290 e. The van der Waals surface area contributed by atoms with E-state index in [1.54, 1.807) is 41.8 Å². The molecule has 0 saturated carbocycles. The molecule has 1 aromatic carbocycles. The van der Waals surface area contributed by atoms with Crippen LogP contribution in [0.4, 0.5) is 0 Å². The van der Waals surface area contributed by atoms with Gasteiger partial charge in [0.15, 0.2) is 5.76 Å². The molecule has 8 heteroatoms. The highest BCUT2D eigenvalue weighted by Gasteiger charge is 2.43. The van der Waals surface area contributed by atoms with Gasteiger partial charge < -0.3 is 19.8 Å². The summed E-state index contributed by atoms with van der Waals surface area (Å²) in [4.78, 5) is 27.4. The molecule has 6 nitrogen and oxygen atoms in total. The van der Waals surface area contributed by atoms with Crippen LogP contribution in [0.1, 0.15) is 21.3 Å². The number of carbonyl (C=O) groups excluding carboxylic acids is 2. The van der Waals surface area contributed by atoms with Crippen molar-refractivity contribution in [2.75, 3.05) is 26.4 Å². The number of Topliss-reactive ketones (excluding diaryl/α,β-unsaturated/α-hetero) is 1. The number of rotatable bonds is 8. The maximum Gasteiger partial charge on any atom is 0.290 e. The number of carbonyl (C=O) groups is 2. The second-order valence-corrected chi connectivity index (χ2v) is 7.24. The zero-order valence-electron chi connectivity index (χ0n) is 14.3. The Morgan fingerprint density at radius 3 is 2.59 bits per heavy atom. The van der Waals surface area contributed by atoms with Gasteiger partial charge in [0.2, 0.25) is 5.78 Å². The van der Waals surface area contributed by atoms with Crippen molar-refractivity contribution in [2.45, 2.75) is 6.04 Å². The Bertz CT molecular complexity index is 847. The van der Waals surface area contributed by atoms with Crippen LogP contribution < -0.4 is 0 Å². The number of nitrogens with zero attached hydrogens (tertiary/aromatic N) is 1. The van der Waals surface area contributed by atoms with E-state index in [9.17, 15) is 14.7 Å². The Labute approximate surface area is 165 Å². The lowest BCUT2D eigenvalue weighted by molar-refractivity contribution is -0.130. The summed E-state index contributed by atoms with van der Waals surface area (Å²) in [5.41, 5.74) is 0.714. The molecular weight excluding hydrogens is 390 g/mol. The zero-order valence-corrected chi connectivity index (χ0v) is 15.9. The minimum absolute atomic E-state index is 0.0481. The number of aliphatic hydroxyl groups excluding tert-OH is 2. The first-order valence-electron chi connectivity index (χ1n) is 8.31. The summed E-state index contributed by atoms with van der Waals surface area (Å²) >= 11 is 7.21. The van der Waals surface area contributed by atoms with Crippen LogP contribution in [-0.4, -0.2) is 53.2 Å². The number of hydrogen-bond acceptors (Lipinski definition) is 6. The van der Waals surface area contributed by atoms with E-state index in [2.05, 4.69) is 0 Å². The van der Waals surface area contributed by atoms with Crippen molar-refractivity contribution in [3.05, 3.63) is 68.6 Å². The summed E-state index contributed by atoms with van der Waals surface area (Å²) in [6.07, 6.45) is 0. The zero-order chi connectivity index (χ0) is 19.4. The standard InChI is InChI=1S/C19H18ClNO5S/c20-13-5-3-12(4-6-13)16-15(17(23)14-2-1-11-27-14)18(24)19(25)21(16)7-9-26-10-8-22/h1-6,11,16,22,24H,7-10H2/t16-/m0/s1. The average Bonchev–Trinajstić information content (AvgIpc) is 3.28. The second kappa shape index (κ2) is 8.67. The van der Waals surface area contributed by atoms with Gasteiger partial charge in [-0.3, -0.25) is 9.59 Å². The molecule has 27 heavy (non-hydrogen) atoms. The number of amides is 1. The first kappa shape index (κ1) is 19.6. The van der Waals surface area contributed by atoms with Gasteiger partial charge in [-0.25, -0.2) is 0 Å². The SMILES string of the molecule is O=C(C1=C(O)C(=O)N(CCOCCO)[C@H]1c1ccc(Cl)cc1)c1cccs1. The van der Waals surface area contributed by atoms with E-state index in [1.807, 2.05) is 0 Å². The highest BCUT2D eigenvalue weighted by atomic mass is 35.5. The number of benzene rings is 1. The molecule has 2 N–H and O–H groups in total. The minimum Gasteiger partial charge on any atom is -0.503 e. The van der Waals surface area contributed by atoms with Crippen molar-refractivity contribution in [3.8, 4) is 0 Å². The fourth-order valence-corrected chi connectivity index (χ4v) is 3.78. The number of halogens is 1. The van der Waals surface area contributed by atoms with E-state index < -0.39 is 17.7 Å². The summed E-state index contributed by atoms with van der Waals surface area (Å²) < 4.78 is 5.25. The van der Waals surface area contributed by atoms with Gasteiger partial charge >= 0.3 is 0 Å². The van der Waals surface area contributed by atoms with E-state index >= 15 is 0 Å². The molecule has 3 rings (SSSR count). The maximum absolute atomic E-state index is 13.0. The fraction of sp³-hybridized carbons (Fsp3) is 0.263. The van der Waals surface area contributed by atoms with Crippen LogP contribution in [0.3, 0.4) is 0 Å². The highest BCUT2D eigenvalue weighted by molar-refractivity contribution is 7.12. The monoisotopic (exact) mass is 407 g/mol. The Morgan fingerprint density at radius 1 is 1.22 bits per heavy atom. The van der Waals surface area contributed by atoms with Crippen molar-refractivity contribution in [2.24, 2.45) is 0 Å². The largest absolute Gasteiger partial charge is 0.503 e. The van der Waals surface area contributed by atoms with Crippen LogP contribution in [-0.2, 0) is 9.53 Å². The lowest BCUT2D eigenvalue weighted by Crippen LogP contribution is -2.34.